The zero-order valence-corrected chi connectivity index (χ0v) is 14.7. The van der Waals surface area contributed by atoms with E-state index in [1.54, 1.807) is 24.3 Å². The summed E-state index contributed by atoms with van der Waals surface area (Å²) in [6.07, 6.45) is 0. The zero-order valence-electron chi connectivity index (χ0n) is 14.7. The number of rotatable bonds is 6. The van der Waals surface area contributed by atoms with E-state index in [1.807, 2.05) is 12.1 Å². The third-order valence-corrected chi connectivity index (χ3v) is 3.66. The lowest BCUT2D eigenvalue weighted by Gasteiger charge is -2.19. The number of esters is 1. The van der Waals surface area contributed by atoms with E-state index in [-0.39, 0.29) is 5.41 Å². The Morgan fingerprint density at radius 3 is 2.08 bits per heavy atom. The predicted molar refractivity (Wildman–Crippen MR) is 95.4 cm³/mol. The summed E-state index contributed by atoms with van der Waals surface area (Å²) in [4.78, 5) is 22.3. The maximum Gasteiger partial charge on any atom is 0.338 e. The van der Waals surface area contributed by atoms with Gasteiger partial charge in [-0.1, -0.05) is 45.0 Å². The van der Waals surface area contributed by atoms with Gasteiger partial charge in [-0.05, 0) is 40.8 Å². The first-order valence-corrected chi connectivity index (χ1v) is 8.03. The lowest BCUT2D eigenvalue weighted by molar-refractivity contribution is -0.121. The largest absolute Gasteiger partial charge is 0.489 e. The van der Waals surface area contributed by atoms with Gasteiger partial charge in [0.15, 0.2) is 6.61 Å². The predicted octanol–water partition coefficient (Wildman–Crippen LogP) is 3.21. The van der Waals surface area contributed by atoms with Gasteiger partial charge in [-0.25, -0.2) is 4.79 Å². The Morgan fingerprint density at radius 1 is 0.960 bits per heavy atom. The summed E-state index contributed by atoms with van der Waals surface area (Å²) in [6, 6.07) is 14.9. The molecule has 0 saturated heterocycles. The second-order valence-electron chi connectivity index (χ2n) is 6.80. The van der Waals surface area contributed by atoms with Gasteiger partial charge in [0.05, 0.1) is 5.56 Å². The number of ether oxygens (including phenoxy) is 2. The smallest absolute Gasteiger partial charge is 0.338 e. The van der Waals surface area contributed by atoms with E-state index < -0.39 is 18.5 Å². The van der Waals surface area contributed by atoms with Crippen molar-refractivity contribution in [3.63, 3.8) is 0 Å². The first kappa shape index (κ1) is 18.5. The highest BCUT2D eigenvalue weighted by molar-refractivity contribution is 5.91. The second kappa shape index (κ2) is 7.83. The van der Waals surface area contributed by atoms with Crippen molar-refractivity contribution < 1.29 is 19.1 Å². The monoisotopic (exact) mass is 341 g/mol. The molecule has 2 rings (SSSR count). The third kappa shape index (κ3) is 5.64. The van der Waals surface area contributed by atoms with Crippen LogP contribution < -0.4 is 10.5 Å². The maximum atomic E-state index is 11.7. The Bertz CT molecular complexity index is 728. The molecule has 0 aliphatic carbocycles. The van der Waals surface area contributed by atoms with Crippen LogP contribution in [0.25, 0.3) is 0 Å². The van der Waals surface area contributed by atoms with Crippen molar-refractivity contribution in [2.75, 3.05) is 6.61 Å². The molecule has 0 unspecified atom stereocenters. The molecule has 2 aromatic rings. The normalized spacial score (nSPS) is 11.0. The summed E-state index contributed by atoms with van der Waals surface area (Å²) < 4.78 is 10.5. The summed E-state index contributed by atoms with van der Waals surface area (Å²) in [5.74, 6) is -0.474. The first-order valence-electron chi connectivity index (χ1n) is 8.03. The number of benzene rings is 2. The van der Waals surface area contributed by atoms with Gasteiger partial charge >= 0.3 is 5.97 Å². The number of primary amides is 1. The van der Waals surface area contributed by atoms with Gasteiger partial charge in [0.1, 0.15) is 12.4 Å². The van der Waals surface area contributed by atoms with E-state index in [4.69, 9.17) is 15.2 Å². The number of hydrogen-bond donors (Lipinski definition) is 1. The quantitative estimate of drug-likeness (QED) is 0.818. The molecular formula is C20H23NO4. The molecule has 0 fully saturated rings. The van der Waals surface area contributed by atoms with Crippen LogP contribution in [0.3, 0.4) is 0 Å². The van der Waals surface area contributed by atoms with Crippen molar-refractivity contribution in [3.8, 4) is 5.75 Å². The SMILES string of the molecule is CC(C)(C)c1ccc(OCc2ccc(C(=O)OCC(N)=O)cc2)cc1. The molecule has 0 saturated carbocycles. The second-order valence-corrected chi connectivity index (χ2v) is 6.80. The van der Waals surface area contributed by atoms with Gasteiger partial charge in [0.25, 0.3) is 5.91 Å². The van der Waals surface area contributed by atoms with Crippen molar-refractivity contribution in [2.24, 2.45) is 5.73 Å². The van der Waals surface area contributed by atoms with E-state index in [9.17, 15) is 9.59 Å². The molecule has 0 aromatic heterocycles. The maximum absolute atomic E-state index is 11.7. The van der Waals surface area contributed by atoms with Crippen LogP contribution in [0.2, 0.25) is 0 Å². The van der Waals surface area contributed by atoms with Crippen LogP contribution in [0, 0.1) is 0 Å². The molecule has 0 aliphatic rings. The molecule has 0 bridgehead atoms. The summed E-state index contributed by atoms with van der Waals surface area (Å²) in [6.45, 7) is 6.47. The highest BCUT2D eigenvalue weighted by Crippen LogP contribution is 2.24. The average molecular weight is 341 g/mol. The molecule has 2 N–H and O–H groups in total. The molecule has 2 aromatic carbocycles. The van der Waals surface area contributed by atoms with Crippen LogP contribution in [-0.2, 0) is 21.6 Å². The minimum atomic E-state index is -0.684. The molecular weight excluding hydrogens is 318 g/mol. The lowest BCUT2D eigenvalue weighted by Crippen LogP contribution is -2.20. The van der Waals surface area contributed by atoms with E-state index >= 15 is 0 Å². The fraction of sp³-hybridized carbons (Fsp3) is 0.300. The van der Waals surface area contributed by atoms with Crippen molar-refractivity contribution in [2.45, 2.75) is 32.8 Å². The van der Waals surface area contributed by atoms with Crippen molar-refractivity contribution in [1.29, 1.82) is 0 Å². The number of amides is 1. The van der Waals surface area contributed by atoms with Gasteiger partial charge in [-0.2, -0.15) is 0 Å². The van der Waals surface area contributed by atoms with Gasteiger partial charge in [-0.3, -0.25) is 4.79 Å². The molecule has 25 heavy (non-hydrogen) atoms. The van der Waals surface area contributed by atoms with Crippen LogP contribution in [0.5, 0.6) is 5.75 Å². The standard InChI is InChI=1S/C20H23NO4/c1-20(2,3)16-8-10-17(11-9-16)24-12-14-4-6-15(7-5-14)19(23)25-13-18(21)22/h4-11H,12-13H2,1-3H3,(H2,21,22). The van der Waals surface area contributed by atoms with E-state index in [1.165, 1.54) is 5.56 Å². The molecule has 0 heterocycles. The number of hydrogen-bond acceptors (Lipinski definition) is 4. The van der Waals surface area contributed by atoms with Gasteiger partial charge in [0, 0.05) is 0 Å². The Labute approximate surface area is 147 Å². The van der Waals surface area contributed by atoms with Gasteiger partial charge in [0.2, 0.25) is 0 Å². The molecule has 1 amide bonds. The topological polar surface area (TPSA) is 78.6 Å². The molecule has 0 radical (unpaired) electrons. The Kier molecular flexibility index (Phi) is 5.80. The minimum absolute atomic E-state index is 0.109. The third-order valence-electron chi connectivity index (χ3n) is 3.66. The van der Waals surface area contributed by atoms with Crippen LogP contribution in [0.15, 0.2) is 48.5 Å². The molecule has 0 aliphatic heterocycles. The number of nitrogens with two attached hydrogens (primary N) is 1. The summed E-state index contributed by atoms with van der Waals surface area (Å²) in [7, 11) is 0. The van der Waals surface area contributed by atoms with Crippen molar-refractivity contribution in [3.05, 3.63) is 65.2 Å². The van der Waals surface area contributed by atoms with Crippen molar-refractivity contribution >= 4 is 11.9 Å². The Hall–Kier alpha value is -2.82. The molecule has 0 spiro atoms. The van der Waals surface area contributed by atoms with E-state index in [0.717, 1.165) is 11.3 Å². The molecule has 132 valence electrons. The highest BCUT2D eigenvalue weighted by Gasteiger charge is 2.13. The summed E-state index contributed by atoms with van der Waals surface area (Å²) in [5.41, 5.74) is 7.58. The fourth-order valence-electron chi connectivity index (χ4n) is 2.17. The van der Waals surface area contributed by atoms with Crippen molar-refractivity contribution in [1.82, 2.24) is 0 Å². The van der Waals surface area contributed by atoms with Crippen LogP contribution in [0.4, 0.5) is 0 Å². The minimum Gasteiger partial charge on any atom is -0.489 e. The molecule has 5 nitrogen and oxygen atoms in total. The van der Waals surface area contributed by atoms with Crippen LogP contribution >= 0.6 is 0 Å². The fourth-order valence-corrected chi connectivity index (χ4v) is 2.17. The van der Waals surface area contributed by atoms with E-state index in [2.05, 4.69) is 32.9 Å². The average Bonchev–Trinajstić information content (AvgIpc) is 2.58. The van der Waals surface area contributed by atoms with Gasteiger partial charge in [-0.15, -0.1) is 0 Å². The number of carbonyl (C=O) groups excluding carboxylic acids is 2. The first-order chi connectivity index (χ1) is 11.8. The van der Waals surface area contributed by atoms with Crippen LogP contribution in [0.1, 0.15) is 42.3 Å². The number of carbonyl (C=O) groups is 2. The zero-order chi connectivity index (χ0) is 18.4. The summed E-state index contributed by atoms with van der Waals surface area (Å²) in [5, 5.41) is 0. The van der Waals surface area contributed by atoms with Gasteiger partial charge < -0.3 is 15.2 Å². The van der Waals surface area contributed by atoms with Crippen LogP contribution in [-0.4, -0.2) is 18.5 Å². The summed E-state index contributed by atoms with van der Waals surface area (Å²) >= 11 is 0. The lowest BCUT2D eigenvalue weighted by atomic mass is 9.87. The highest BCUT2D eigenvalue weighted by atomic mass is 16.5. The Balaban J connectivity index is 1.91. The molecule has 0 atom stereocenters. The van der Waals surface area contributed by atoms with E-state index in [0.29, 0.717) is 12.2 Å². The Morgan fingerprint density at radius 2 is 1.56 bits per heavy atom. The molecule has 5 heteroatoms.